The predicted octanol–water partition coefficient (Wildman–Crippen LogP) is 3.93. The van der Waals surface area contributed by atoms with Crippen LogP contribution in [0, 0.1) is 13.8 Å². The average molecular weight is 272 g/mol. The van der Waals surface area contributed by atoms with Gasteiger partial charge in [-0.2, -0.15) is 0 Å². The van der Waals surface area contributed by atoms with Gasteiger partial charge in [-0.25, -0.2) is 4.79 Å². The van der Waals surface area contributed by atoms with Gasteiger partial charge in [0, 0.05) is 17.0 Å². The van der Waals surface area contributed by atoms with Crippen LogP contribution in [0.4, 0.5) is 0 Å². The molecule has 3 nitrogen and oxygen atoms in total. The molecule has 0 spiro atoms. The van der Waals surface area contributed by atoms with E-state index >= 15 is 0 Å². The Morgan fingerprint density at radius 2 is 2.10 bits per heavy atom. The number of allylic oxidation sites excluding steroid dienone is 1. The summed E-state index contributed by atoms with van der Waals surface area (Å²) in [7, 11) is 0. The van der Waals surface area contributed by atoms with Crippen LogP contribution in [0.25, 0.3) is 11.0 Å². The molecule has 1 aromatic carbocycles. The zero-order valence-electron chi connectivity index (χ0n) is 12.3. The van der Waals surface area contributed by atoms with E-state index in [2.05, 4.69) is 13.5 Å². The van der Waals surface area contributed by atoms with Crippen molar-refractivity contribution in [3.05, 3.63) is 51.9 Å². The molecule has 0 amide bonds. The molecular formula is C17H20O3. The third kappa shape index (κ3) is 2.62. The molecule has 2 aromatic rings. The van der Waals surface area contributed by atoms with Gasteiger partial charge in [-0.15, -0.1) is 6.58 Å². The largest absolute Gasteiger partial charge is 0.493 e. The van der Waals surface area contributed by atoms with Crippen molar-refractivity contribution in [3.63, 3.8) is 0 Å². The van der Waals surface area contributed by atoms with E-state index in [-0.39, 0.29) is 5.63 Å². The van der Waals surface area contributed by atoms with Gasteiger partial charge in [0.15, 0.2) is 0 Å². The summed E-state index contributed by atoms with van der Waals surface area (Å²) in [6.45, 7) is 10.4. The SMILES string of the molecule is C=CCc1cc2c(C)cc(=O)oc2c(C)c1OCCC. The molecule has 106 valence electrons. The third-order valence-corrected chi connectivity index (χ3v) is 3.31. The molecule has 3 heteroatoms. The van der Waals surface area contributed by atoms with Crippen molar-refractivity contribution in [2.24, 2.45) is 0 Å². The summed E-state index contributed by atoms with van der Waals surface area (Å²) < 4.78 is 11.2. The molecule has 0 bridgehead atoms. The van der Waals surface area contributed by atoms with E-state index in [1.165, 1.54) is 6.07 Å². The third-order valence-electron chi connectivity index (χ3n) is 3.31. The van der Waals surface area contributed by atoms with Crippen LogP contribution in [0.2, 0.25) is 0 Å². The number of ether oxygens (including phenoxy) is 1. The topological polar surface area (TPSA) is 39.4 Å². The van der Waals surface area contributed by atoms with Crippen molar-refractivity contribution in [3.8, 4) is 5.75 Å². The summed E-state index contributed by atoms with van der Waals surface area (Å²) in [6.07, 6.45) is 3.52. The number of aryl methyl sites for hydroxylation is 2. The summed E-state index contributed by atoms with van der Waals surface area (Å²) in [5.41, 5.74) is 3.18. The monoisotopic (exact) mass is 272 g/mol. The second-order valence-corrected chi connectivity index (χ2v) is 4.96. The Labute approximate surface area is 118 Å². The van der Waals surface area contributed by atoms with Crippen LogP contribution in [-0.2, 0) is 6.42 Å². The lowest BCUT2D eigenvalue weighted by Crippen LogP contribution is -2.04. The Balaban J connectivity index is 2.74. The smallest absolute Gasteiger partial charge is 0.336 e. The first-order chi connectivity index (χ1) is 9.58. The van der Waals surface area contributed by atoms with E-state index in [0.29, 0.717) is 12.2 Å². The average Bonchev–Trinajstić information content (AvgIpc) is 2.40. The molecule has 0 N–H and O–H groups in total. The maximum absolute atomic E-state index is 11.6. The number of rotatable bonds is 5. The lowest BCUT2D eigenvalue weighted by Gasteiger charge is -2.15. The van der Waals surface area contributed by atoms with E-state index < -0.39 is 0 Å². The second-order valence-electron chi connectivity index (χ2n) is 4.96. The van der Waals surface area contributed by atoms with Crippen molar-refractivity contribution in [1.82, 2.24) is 0 Å². The van der Waals surface area contributed by atoms with Crippen LogP contribution in [-0.4, -0.2) is 6.61 Å². The number of hydrogen-bond donors (Lipinski definition) is 0. The number of hydrogen-bond acceptors (Lipinski definition) is 3. The molecule has 0 fully saturated rings. The summed E-state index contributed by atoms with van der Waals surface area (Å²) in [6, 6.07) is 3.55. The minimum absolute atomic E-state index is 0.323. The van der Waals surface area contributed by atoms with Gasteiger partial charge in [-0.05, 0) is 43.9 Å². The van der Waals surface area contributed by atoms with Gasteiger partial charge in [0.25, 0.3) is 0 Å². The minimum atomic E-state index is -0.323. The molecule has 0 radical (unpaired) electrons. The van der Waals surface area contributed by atoms with E-state index in [0.717, 1.165) is 40.7 Å². The van der Waals surface area contributed by atoms with Crippen molar-refractivity contribution >= 4 is 11.0 Å². The molecule has 1 heterocycles. The first kappa shape index (κ1) is 14.4. The Kier molecular flexibility index (Phi) is 4.28. The highest BCUT2D eigenvalue weighted by molar-refractivity contribution is 5.86. The molecule has 0 aliphatic rings. The zero-order chi connectivity index (χ0) is 14.7. The number of fused-ring (bicyclic) bond motifs is 1. The van der Waals surface area contributed by atoms with Gasteiger partial charge in [0.1, 0.15) is 11.3 Å². The molecular weight excluding hydrogens is 252 g/mol. The summed E-state index contributed by atoms with van der Waals surface area (Å²) in [5, 5.41) is 0.961. The second kappa shape index (κ2) is 5.95. The van der Waals surface area contributed by atoms with Gasteiger partial charge in [-0.3, -0.25) is 0 Å². The standard InChI is InChI=1S/C17H20O3/c1-5-7-13-10-14-11(3)9-15(18)20-17(14)12(4)16(13)19-8-6-2/h5,9-10H,1,6-8H2,2-4H3. The summed E-state index contributed by atoms with van der Waals surface area (Å²) in [4.78, 5) is 11.6. The molecule has 1 aromatic heterocycles. The van der Waals surface area contributed by atoms with Crippen LogP contribution in [0.5, 0.6) is 5.75 Å². The maximum Gasteiger partial charge on any atom is 0.336 e. The first-order valence-electron chi connectivity index (χ1n) is 6.89. The van der Waals surface area contributed by atoms with E-state index in [1.807, 2.05) is 26.0 Å². The van der Waals surface area contributed by atoms with E-state index in [9.17, 15) is 4.79 Å². The molecule has 0 unspecified atom stereocenters. The number of benzene rings is 1. The molecule has 2 rings (SSSR count). The quantitative estimate of drug-likeness (QED) is 0.611. The summed E-state index contributed by atoms with van der Waals surface area (Å²) >= 11 is 0. The molecule has 0 atom stereocenters. The molecule has 20 heavy (non-hydrogen) atoms. The first-order valence-corrected chi connectivity index (χ1v) is 6.89. The van der Waals surface area contributed by atoms with Crippen molar-refractivity contribution in [1.29, 1.82) is 0 Å². The molecule has 0 aliphatic carbocycles. The van der Waals surface area contributed by atoms with Crippen LogP contribution < -0.4 is 10.4 Å². The van der Waals surface area contributed by atoms with Gasteiger partial charge >= 0.3 is 5.63 Å². The lowest BCUT2D eigenvalue weighted by molar-refractivity contribution is 0.312. The van der Waals surface area contributed by atoms with Crippen LogP contribution in [0.15, 0.2) is 34.0 Å². The van der Waals surface area contributed by atoms with Crippen LogP contribution in [0.3, 0.4) is 0 Å². The Bertz CT molecular complexity index is 695. The highest BCUT2D eigenvalue weighted by Crippen LogP contribution is 2.33. The zero-order valence-corrected chi connectivity index (χ0v) is 12.3. The van der Waals surface area contributed by atoms with Crippen molar-refractivity contribution < 1.29 is 9.15 Å². The highest BCUT2D eigenvalue weighted by Gasteiger charge is 2.14. The maximum atomic E-state index is 11.6. The van der Waals surface area contributed by atoms with Crippen molar-refractivity contribution in [2.75, 3.05) is 6.61 Å². The van der Waals surface area contributed by atoms with Crippen LogP contribution >= 0.6 is 0 Å². The Hall–Kier alpha value is -2.03. The van der Waals surface area contributed by atoms with Crippen LogP contribution in [0.1, 0.15) is 30.0 Å². The Morgan fingerprint density at radius 1 is 1.35 bits per heavy atom. The minimum Gasteiger partial charge on any atom is -0.493 e. The normalized spacial score (nSPS) is 10.8. The molecule has 0 saturated carbocycles. The fraction of sp³-hybridized carbons (Fsp3) is 0.353. The molecule has 0 saturated heterocycles. The fourth-order valence-electron chi connectivity index (χ4n) is 2.37. The van der Waals surface area contributed by atoms with E-state index in [1.54, 1.807) is 0 Å². The predicted molar refractivity (Wildman–Crippen MR) is 81.6 cm³/mol. The molecule has 0 aliphatic heterocycles. The highest BCUT2D eigenvalue weighted by atomic mass is 16.5. The lowest BCUT2D eigenvalue weighted by atomic mass is 10.0. The van der Waals surface area contributed by atoms with Gasteiger partial charge < -0.3 is 9.15 Å². The fourth-order valence-corrected chi connectivity index (χ4v) is 2.37. The summed E-state index contributed by atoms with van der Waals surface area (Å²) in [5.74, 6) is 0.813. The van der Waals surface area contributed by atoms with Crippen molar-refractivity contribution in [2.45, 2.75) is 33.6 Å². The van der Waals surface area contributed by atoms with Gasteiger partial charge in [0.2, 0.25) is 0 Å². The Morgan fingerprint density at radius 3 is 2.75 bits per heavy atom. The van der Waals surface area contributed by atoms with Gasteiger partial charge in [0.05, 0.1) is 6.61 Å². The van der Waals surface area contributed by atoms with E-state index in [4.69, 9.17) is 9.15 Å². The van der Waals surface area contributed by atoms with Gasteiger partial charge in [-0.1, -0.05) is 13.0 Å².